The average molecular weight is 520 g/mol. The molecule has 0 spiro atoms. The van der Waals surface area contributed by atoms with Crippen LogP contribution in [-0.2, 0) is 21.9 Å². The van der Waals surface area contributed by atoms with Gasteiger partial charge in [0.15, 0.2) is 5.17 Å². The zero-order valence-electron chi connectivity index (χ0n) is 19.0. The number of rotatable bonds is 8. The van der Waals surface area contributed by atoms with Crippen molar-refractivity contribution in [2.45, 2.75) is 31.2 Å². The van der Waals surface area contributed by atoms with Crippen molar-refractivity contribution in [1.82, 2.24) is 10.2 Å². The van der Waals surface area contributed by atoms with Crippen LogP contribution in [0.1, 0.15) is 28.8 Å². The highest BCUT2D eigenvalue weighted by Gasteiger charge is 2.41. The number of thioether (sulfide) groups is 1. The molecule has 182 valence electrons. The van der Waals surface area contributed by atoms with Crippen molar-refractivity contribution in [2.75, 3.05) is 0 Å². The maximum atomic E-state index is 12.9. The van der Waals surface area contributed by atoms with Crippen LogP contribution in [0.15, 0.2) is 76.0 Å². The van der Waals surface area contributed by atoms with Crippen LogP contribution in [0.2, 0.25) is 0 Å². The molecule has 5 rings (SSSR count). The Morgan fingerprint density at radius 2 is 1.92 bits per heavy atom. The van der Waals surface area contributed by atoms with E-state index in [4.69, 9.17) is 4.99 Å². The molecule has 0 fully saturated rings. The summed E-state index contributed by atoms with van der Waals surface area (Å²) in [5.41, 5.74) is 2.42. The first-order valence-electron chi connectivity index (χ1n) is 11.2. The normalized spacial score (nSPS) is 16.2. The number of thiophene rings is 1. The number of aliphatic imine (C=N–C) groups is 2. The Hall–Kier alpha value is -3.83. The van der Waals surface area contributed by atoms with Gasteiger partial charge in [-0.3, -0.25) is 24.6 Å². The van der Waals surface area contributed by atoms with Gasteiger partial charge in [0.2, 0.25) is 5.91 Å². The molecule has 0 bridgehead atoms. The molecule has 3 heterocycles. The zero-order chi connectivity index (χ0) is 25.1. The molecular formula is C25H21N5O4S2. The first-order valence-corrected chi connectivity index (χ1v) is 13.1. The minimum Gasteiger partial charge on any atom is -0.351 e. The quantitative estimate of drug-likeness (QED) is 0.342. The van der Waals surface area contributed by atoms with E-state index in [0.29, 0.717) is 29.7 Å². The van der Waals surface area contributed by atoms with Crippen molar-refractivity contribution in [3.05, 3.63) is 92.2 Å². The molecule has 2 aromatic carbocycles. The number of non-ortho nitro benzene ring substituents is 1. The van der Waals surface area contributed by atoms with Gasteiger partial charge in [-0.25, -0.2) is 4.99 Å². The van der Waals surface area contributed by atoms with Crippen LogP contribution < -0.4 is 5.32 Å². The van der Waals surface area contributed by atoms with Gasteiger partial charge in [0.05, 0.1) is 17.2 Å². The van der Waals surface area contributed by atoms with E-state index in [-0.39, 0.29) is 23.9 Å². The molecule has 11 heteroatoms. The molecule has 1 aromatic heterocycles. The van der Waals surface area contributed by atoms with Crippen LogP contribution in [-0.4, -0.2) is 38.7 Å². The van der Waals surface area contributed by atoms with E-state index in [1.165, 1.54) is 23.9 Å². The second kappa shape index (κ2) is 10.4. The second-order valence-electron chi connectivity index (χ2n) is 8.18. The molecule has 9 nitrogen and oxygen atoms in total. The number of nitrogens with one attached hydrogen (secondary N) is 1. The zero-order valence-corrected chi connectivity index (χ0v) is 20.6. The standard InChI is InChI=1S/C25H21N5O4S2/c31-22(26-14-18-4-3-13-35-18)12-11-21-24(32)28-23-19-5-1-2-6-20(19)27-25(29(21)23)36-15-16-7-9-17(10-8-16)30(33)34/h1-10,13,21H,11-12,14-15H2,(H,26,31). The number of fused-ring (bicyclic) bond motifs is 3. The fourth-order valence-electron chi connectivity index (χ4n) is 3.99. The summed E-state index contributed by atoms with van der Waals surface area (Å²) in [5.74, 6) is 0.626. The number of nitrogens with zero attached hydrogens (tertiary/aromatic N) is 4. The summed E-state index contributed by atoms with van der Waals surface area (Å²) in [4.78, 5) is 47.9. The SMILES string of the molecule is O=C(CCC1C(=O)N=C2c3ccccc3N=C(SCc3ccc([N+](=O)[O-])cc3)N21)NCc1cccs1. The summed E-state index contributed by atoms with van der Waals surface area (Å²) in [7, 11) is 0. The molecular weight excluding hydrogens is 498 g/mol. The van der Waals surface area contributed by atoms with Crippen LogP contribution >= 0.6 is 23.1 Å². The summed E-state index contributed by atoms with van der Waals surface area (Å²) in [6.45, 7) is 0.464. The van der Waals surface area contributed by atoms with Gasteiger partial charge in [0, 0.05) is 34.7 Å². The predicted octanol–water partition coefficient (Wildman–Crippen LogP) is 4.64. The predicted molar refractivity (Wildman–Crippen MR) is 140 cm³/mol. The van der Waals surface area contributed by atoms with E-state index in [1.807, 2.05) is 46.7 Å². The summed E-state index contributed by atoms with van der Waals surface area (Å²) >= 11 is 3.00. The molecule has 1 N–H and O–H groups in total. The van der Waals surface area contributed by atoms with Crippen LogP contribution in [0, 0.1) is 10.1 Å². The fraction of sp³-hybridized carbons (Fsp3) is 0.200. The van der Waals surface area contributed by atoms with Gasteiger partial charge in [-0.15, -0.1) is 11.3 Å². The number of amides is 2. The molecule has 2 aliphatic heterocycles. The maximum absolute atomic E-state index is 12.9. The minimum absolute atomic E-state index is 0.0321. The monoisotopic (exact) mass is 519 g/mol. The van der Waals surface area contributed by atoms with Gasteiger partial charge in [0.25, 0.3) is 11.6 Å². The van der Waals surface area contributed by atoms with Crippen molar-refractivity contribution >= 4 is 57.3 Å². The smallest absolute Gasteiger partial charge is 0.270 e. The lowest BCUT2D eigenvalue weighted by atomic mass is 10.1. The number of benzene rings is 2. The number of carbonyl (C=O) groups excluding carboxylic acids is 2. The Bertz CT molecular complexity index is 1370. The Kier molecular flexibility index (Phi) is 6.92. The highest BCUT2D eigenvalue weighted by Crippen LogP contribution is 2.36. The van der Waals surface area contributed by atoms with E-state index in [2.05, 4.69) is 10.3 Å². The summed E-state index contributed by atoms with van der Waals surface area (Å²) in [5, 5.41) is 16.4. The molecule has 0 radical (unpaired) electrons. The van der Waals surface area contributed by atoms with Crippen LogP contribution in [0.5, 0.6) is 0 Å². The van der Waals surface area contributed by atoms with E-state index in [9.17, 15) is 19.7 Å². The lowest BCUT2D eigenvalue weighted by Crippen LogP contribution is -2.44. The number of nitro groups is 1. The average Bonchev–Trinajstić information content (AvgIpc) is 3.52. The van der Waals surface area contributed by atoms with Gasteiger partial charge in [0.1, 0.15) is 11.9 Å². The van der Waals surface area contributed by atoms with Crippen LogP contribution in [0.3, 0.4) is 0 Å². The number of carbonyl (C=O) groups is 2. The molecule has 0 aliphatic carbocycles. The first kappa shape index (κ1) is 23.9. The van der Waals surface area contributed by atoms with Crippen molar-refractivity contribution in [3.8, 4) is 0 Å². The number of nitro benzene ring substituents is 1. The first-order chi connectivity index (χ1) is 17.5. The Morgan fingerprint density at radius 1 is 1.11 bits per heavy atom. The van der Waals surface area contributed by atoms with Crippen LogP contribution in [0.4, 0.5) is 11.4 Å². The Labute approximate surface area is 215 Å². The van der Waals surface area contributed by atoms with Gasteiger partial charge in [-0.2, -0.15) is 4.99 Å². The third-order valence-corrected chi connectivity index (χ3v) is 7.71. The molecule has 0 saturated heterocycles. The highest BCUT2D eigenvalue weighted by atomic mass is 32.2. The Balaban J connectivity index is 1.31. The highest BCUT2D eigenvalue weighted by molar-refractivity contribution is 8.13. The van der Waals surface area contributed by atoms with E-state index >= 15 is 0 Å². The topological polar surface area (TPSA) is 117 Å². The third-order valence-electron chi connectivity index (χ3n) is 5.81. The van der Waals surface area contributed by atoms with Gasteiger partial charge in [-0.05, 0) is 35.6 Å². The molecule has 1 unspecified atom stereocenters. The fourth-order valence-corrected chi connectivity index (χ4v) is 5.64. The largest absolute Gasteiger partial charge is 0.351 e. The van der Waals surface area contributed by atoms with E-state index < -0.39 is 11.0 Å². The minimum atomic E-state index is -0.621. The lowest BCUT2D eigenvalue weighted by molar-refractivity contribution is -0.384. The number of hydrogen-bond acceptors (Lipinski definition) is 8. The summed E-state index contributed by atoms with van der Waals surface area (Å²) in [6, 6.07) is 17.1. The molecule has 1 atom stereocenters. The van der Waals surface area contributed by atoms with Gasteiger partial charge in [-0.1, -0.05) is 42.1 Å². The summed E-state index contributed by atoms with van der Waals surface area (Å²) in [6.07, 6.45) is 0.490. The Morgan fingerprint density at radius 3 is 2.67 bits per heavy atom. The molecule has 2 aliphatic rings. The molecule has 2 amide bonds. The maximum Gasteiger partial charge on any atom is 0.270 e. The number of hydrogen-bond donors (Lipinski definition) is 1. The number of para-hydroxylation sites is 1. The van der Waals surface area contributed by atoms with E-state index in [1.54, 1.807) is 23.5 Å². The molecule has 3 aromatic rings. The van der Waals surface area contributed by atoms with Crippen LogP contribution in [0.25, 0.3) is 0 Å². The van der Waals surface area contributed by atoms with Crippen molar-refractivity contribution in [3.63, 3.8) is 0 Å². The van der Waals surface area contributed by atoms with Crippen molar-refractivity contribution < 1.29 is 14.5 Å². The van der Waals surface area contributed by atoms with Gasteiger partial charge < -0.3 is 5.32 Å². The molecule has 36 heavy (non-hydrogen) atoms. The third kappa shape index (κ3) is 5.07. The molecule has 0 saturated carbocycles. The van der Waals surface area contributed by atoms with Crippen molar-refractivity contribution in [1.29, 1.82) is 0 Å². The van der Waals surface area contributed by atoms with Gasteiger partial charge >= 0.3 is 0 Å². The summed E-state index contributed by atoms with van der Waals surface area (Å²) < 4.78 is 0. The van der Waals surface area contributed by atoms with Crippen molar-refractivity contribution in [2.24, 2.45) is 9.98 Å². The number of amidine groups is 2. The van der Waals surface area contributed by atoms with E-state index in [0.717, 1.165) is 21.7 Å². The second-order valence-corrected chi connectivity index (χ2v) is 10.2. The lowest BCUT2D eigenvalue weighted by Gasteiger charge is -2.31.